The summed E-state index contributed by atoms with van der Waals surface area (Å²) in [6.45, 7) is 4.01. The van der Waals surface area contributed by atoms with E-state index in [0.717, 1.165) is 10.0 Å². The average molecular weight is 337 g/mol. The lowest BCUT2D eigenvalue weighted by Gasteiger charge is -2.11. The van der Waals surface area contributed by atoms with Gasteiger partial charge in [-0.3, -0.25) is 4.79 Å². The number of carbonyl (C=O) groups excluding carboxylic acids is 1. The summed E-state index contributed by atoms with van der Waals surface area (Å²) in [7, 11) is 0. The number of thioether (sulfide) groups is 1. The number of aliphatic hydroxyl groups excluding tert-OH is 1. The van der Waals surface area contributed by atoms with E-state index in [0.29, 0.717) is 23.5 Å². The van der Waals surface area contributed by atoms with E-state index in [-0.39, 0.29) is 12.4 Å². The highest BCUT2D eigenvalue weighted by Crippen LogP contribution is 2.23. The van der Waals surface area contributed by atoms with Gasteiger partial charge in [0, 0.05) is 28.8 Å². The first-order chi connectivity index (χ1) is 10.6. The molecule has 0 saturated carbocycles. The number of aryl methyl sites for hydroxylation is 1. The van der Waals surface area contributed by atoms with Crippen molar-refractivity contribution in [3.05, 3.63) is 40.9 Å². The minimum Gasteiger partial charge on any atom is -0.491 e. The molecule has 1 unspecified atom stereocenters. The third kappa shape index (κ3) is 5.12. The minimum absolute atomic E-state index is 0.113. The molecule has 4 nitrogen and oxygen atoms in total. The van der Waals surface area contributed by atoms with Crippen molar-refractivity contribution in [3.63, 3.8) is 0 Å². The topological polar surface area (TPSA) is 59.4 Å². The van der Waals surface area contributed by atoms with E-state index < -0.39 is 6.10 Å². The largest absolute Gasteiger partial charge is 0.491 e. The zero-order valence-corrected chi connectivity index (χ0v) is 14.2. The number of hydrogen-bond donors (Lipinski definition) is 1. The molecule has 0 bridgehead atoms. The number of benzene rings is 1. The Labute approximate surface area is 138 Å². The lowest BCUT2D eigenvalue weighted by Crippen LogP contribution is -2.20. The molecule has 0 fully saturated rings. The van der Waals surface area contributed by atoms with Crippen molar-refractivity contribution in [1.29, 1.82) is 0 Å². The Balaban J connectivity index is 1.76. The molecule has 0 aliphatic carbocycles. The van der Waals surface area contributed by atoms with Gasteiger partial charge in [-0.05, 0) is 31.2 Å². The monoisotopic (exact) mass is 337 g/mol. The second-order valence-corrected chi connectivity index (χ2v) is 6.96. The summed E-state index contributed by atoms with van der Waals surface area (Å²) in [4.78, 5) is 15.9. The van der Waals surface area contributed by atoms with Crippen molar-refractivity contribution in [1.82, 2.24) is 4.98 Å². The van der Waals surface area contributed by atoms with Crippen molar-refractivity contribution < 1.29 is 14.6 Å². The maximum Gasteiger partial charge on any atom is 0.162 e. The van der Waals surface area contributed by atoms with Gasteiger partial charge in [0.1, 0.15) is 16.7 Å². The summed E-state index contributed by atoms with van der Waals surface area (Å²) in [5, 5.41) is 11.9. The number of thiazole rings is 1. The van der Waals surface area contributed by atoms with Crippen LogP contribution in [0.2, 0.25) is 0 Å². The van der Waals surface area contributed by atoms with Crippen LogP contribution < -0.4 is 4.74 Å². The summed E-state index contributed by atoms with van der Waals surface area (Å²) >= 11 is 3.11. The number of ketones is 1. The molecule has 0 radical (unpaired) electrons. The van der Waals surface area contributed by atoms with Crippen molar-refractivity contribution in [3.8, 4) is 5.75 Å². The first-order valence-corrected chi connectivity index (χ1v) is 8.94. The highest BCUT2D eigenvalue weighted by Gasteiger charge is 2.09. The molecular weight excluding hydrogens is 318 g/mol. The summed E-state index contributed by atoms with van der Waals surface area (Å²) in [6, 6.07) is 7.02. The van der Waals surface area contributed by atoms with Crippen LogP contribution in [-0.2, 0) is 0 Å². The number of nitrogens with zero attached hydrogens (tertiary/aromatic N) is 1. The number of Topliss-reactive ketones (excluding diaryl/α,β-unsaturated/α-hetero) is 1. The average Bonchev–Trinajstić information content (AvgIpc) is 2.96. The Morgan fingerprint density at radius 3 is 2.73 bits per heavy atom. The van der Waals surface area contributed by atoms with E-state index in [1.807, 2.05) is 19.2 Å². The van der Waals surface area contributed by atoms with Crippen LogP contribution in [0.25, 0.3) is 0 Å². The Kier molecular flexibility index (Phi) is 6.42. The third-order valence-corrected chi connectivity index (χ3v) is 5.22. The van der Waals surface area contributed by atoms with Gasteiger partial charge in [-0.1, -0.05) is 18.7 Å². The maximum atomic E-state index is 11.5. The van der Waals surface area contributed by atoms with E-state index in [4.69, 9.17) is 4.74 Å². The van der Waals surface area contributed by atoms with Gasteiger partial charge >= 0.3 is 0 Å². The van der Waals surface area contributed by atoms with E-state index in [2.05, 4.69) is 4.98 Å². The molecule has 2 rings (SSSR count). The second-order valence-electron chi connectivity index (χ2n) is 4.83. The maximum absolute atomic E-state index is 11.5. The highest BCUT2D eigenvalue weighted by atomic mass is 32.2. The van der Waals surface area contributed by atoms with Gasteiger partial charge in [0.05, 0.1) is 6.10 Å². The van der Waals surface area contributed by atoms with Crippen molar-refractivity contribution >= 4 is 28.9 Å². The molecule has 118 valence electrons. The van der Waals surface area contributed by atoms with Crippen LogP contribution >= 0.6 is 23.1 Å². The normalized spacial score (nSPS) is 12.1. The third-order valence-electron chi connectivity index (χ3n) is 2.94. The Bertz CT molecular complexity index is 610. The standard InChI is InChI=1S/C16H19NO3S2/c1-3-15(19)12-4-6-14(7-5-12)20-8-13(18)10-22-16-17-11(2)9-21-16/h4-7,9,13,18H,3,8,10H2,1-2H3. The van der Waals surface area contributed by atoms with Crippen LogP contribution in [0.15, 0.2) is 34.0 Å². The smallest absolute Gasteiger partial charge is 0.162 e. The van der Waals surface area contributed by atoms with Crippen molar-refractivity contribution in [2.45, 2.75) is 30.7 Å². The summed E-state index contributed by atoms with van der Waals surface area (Å²) < 4.78 is 6.50. The predicted molar refractivity (Wildman–Crippen MR) is 90.1 cm³/mol. The zero-order valence-electron chi connectivity index (χ0n) is 12.6. The Morgan fingerprint density at radius 1 is 1.41 bits per heavy atom. The van der Waals surface area contributed by atoms with Crippen molar-refractivity contribution in [2.75, 3.05) is 12.4 Å². The van der Waals surface area contributed by atoms with Crippen LogP contribution in [0.5, 0.6) is 5.75 Å². The van der Waals surface area contributed by atoms with Crippen LogP contribution in [0.3, 0.4) is 0 Å². The molecule has 0 aliphatic rings. The van der Waals surface area contributed by atoms with Crippen LogP contribution in [0.4, 0.5) is 0 Å². The molecule has 2 aromatic rings. The SMILES string of the molecule is CCC(=O)c1ccc(OCC(O)CSc2nc(C)cs2)cc1. The summed E-state index contributed by atoms with van der Waals surface area (Å²) in [5.41, 5.74) is 1.69. The molecule has 1 heterocycles. The summed E-state index contributed by atoms with van der Waals surface area (Å²) in [6.07, 6.45) is -0.0713. The first kappa shape index (κ1) is 17.0. The number of aromatic nitrogens is 1. The number of carbonyl (C=O) groups is 1. The summed E-state index contributed by atoms with van der Waals surface area (Å²) in [5.74, 6) is 1.31. The number of hydrogen-bond acceptors (Lipinski definition) is 6. The van der Waals surface area contributed by atoms with E-state index in [9.17, 15) is 9.90 Å². The van der Waals surface area contributed by atoms with E-state index in [1.54, 1.807) is 35.6 Å². The lowest BCUT2D eigenvalue weighted by atomic mass is 10.1. The van der Waals surface area contributed by atoms with Gasteiger partial charge in [-0.15, -0.1) is 11.3 Å². The fraction of sp³-hybridized carbons (Fsp3) is 0.375. The Morgan fingerprint density at radius 2 is 2.14 bits per heavy atom. The molecule has 22 heavy (non-hydrogen) atoms. The molecule has 6 heteroatoms. The van der Waals surface area contributed by atoms with Gasteiger partial charge in [0.2, 0.25) is 0 Å². The molecular formula is C16H19NO3S2. The molecule has 1 aromatic carbocycles. The minimum atomic E-state index is -0.564. The van der Waals surface area contributed by atoms with Gasteiger partial charge < -0.3 is 9.84 Å². The molecule has 0 aliphatic heterocycles. The zero-order chi connectivity index (χ0) is 15.9. The molecule has 0 amide bonds. The van der Waals surface area contributed by atoms with Gasteiger partial charge in [-0.25, -0.2) is 4.98 Å². The van der Waals surface area contributed by atoms with Gasteiger partial charge in [0.25, 0.3) is 0 Å². The predicted octanol–water partition coefficient (Wildman–Crippen LogP) is 3.58. The highest BCUT2D eigenvalue weighted by molar-refractivity contribution is 8.01. The van der Waals surface area contributed by atoms with Crippen molar-refractivity contribution in [2.24, 2.45) is 0 Å². The lowest BCUT2D eigenvalue weighted by molar-refractivity contribution is 0.0987. The number of aliphatic hydroxyl groups is 1. The molecule has 0 saturated heterocycles. The quantitative estimate of drug-likeness (QED) is 0.589. The second kappa shape index (κ2) is 8.31. The fourth-order valence-electron chi connectivity index (χ4n) is 1.75. The van der Waals surface area contributed by atoms with E-state index >= 15 is 0 Å². The van der Waals surface area contributed by atoms with Crippen LogP contribution in [-0.4, -0.2) is 34.3 Å². The number of ether oxygens (including phenoxy) is 1. The van der Waals surface area contributed by atoms with Gasteiger partial charge in [-0.2, -0.15) is 0 Å². The molecule has 0 spiro atoms. The van der Waals surface area contributed by atoms with E-state index in [1.165, 1.54) is 11.8 Å². The van der Waals surface area contributed by atoms with Crippen LogP contribution in [0.1, 0.15) is 29.4 Å². The molecule has 1 aromatic heterocycles. The Hall–Kier alpha value is -1.37. The molecule has 1 atom stereocenters. The van der Waals surface area contributed by atoms with Gasteiger partial charge in [0.15, 0.2) is 5.78 Å². The fourth-order valence-corrected chi connectivity index (χ4v) is 3.53. The molecule has 1 N–H and O–H groups in total. The van der Waals surface area contributed by atoms with Crippen LogP contribution in [0, 0.1) is 6.92 Å². The number of rotatable bonds is 8. The first-order valence-electron chi connectivity index (χ1n) is 7.07.